The molecule has 3 rings (SSSR count). The lowest BCUT2D eigenvalue weighted by molar-refractivity contribution is 0.443. The molecule has 1 aliphatic heterocycles. The summed E-state index contributed by atoms with van der Waals surface area (Å²) in [4.78, 5) is 4.21. The van der Waals surface area contributed by atoms with E-state index < -0.39 is 10.0 Å². The average molecular weight is 437 g/mol. The van der Waals surface area contributed by atoms with Crippen LogP contribution in [0, 0.1) is 0 Å². The highest BCUT2D eigenvalue weighted by Crippen LogP contribution is 2.13. The first kappa shape index (κ1) is 21.7. The summed E-state index contributed by atoms with van der Waals surface area (Å²) in [7, 11) is -1.54. The van der Waals surface area contributed by atoms with Crippen molar-refractivity contribution in [1.29, 1.82) is 0 Å². The summed E-state index contributed by atoms with van der Waals surface area (Å²) in [6, 6.07) is 10.1. The first-order valence-electron chi connectivity index (χ1n) is 9.63. The molecule has 10 heteroatoms. The number of thioether (sulfide) groups is 1. The van der Waals surface area contributed by atoms with E-state index in [9.17, 15) is 8.42 Å². The van der Waals surface area contributed by atoms with Crippen LogP contribution in [0.15, 0.2) is 47.7 Å². The number of hydrogen-bond donors (Lipinski definition) is 2. The van der Waals surface area contributed by atoms with Gasteiger partial charge in [-0.05, 0) is 17.2 Å². The van der Waals surface area contributed by atoms with Crippen molar-refractivity contribution >= 4 is 27.7 Å². The van der Waals surface area contributed by atoms with Gasteiger partial charge in [-0.15, -0.1) is 0 Å². The number of nitrogens with one attached hydrogen (secondary N) is 2. The Morgan fingerprint density at radius 3 is 2.62 bits per heavy atom. The fraction of sp³-hybridized carbons (Fsp3) is 0.474. The van der Waals surface area contributed by atoms with Gasteiger partial charge in [0.15, 0.2) is 5.96 Å². The van der Waals surface area contributed by atoms with Crippen LogP contribution < -0.4 is 10.6 Å². The molecule has 1 aromatic carbocycles. The number of hydrogen-bond acceptors (Lipinski definition) is 5. The average Bonchev–Trinajstić information content (AvgIpc) is 3.25. The molecular formula is C19H28N6O2S2. The Hall–Kier alpha value is -2.04. The van der Waals surface area contributed by atoms with Gasteiger partial charge in [-0.3, -0.25) is 9.67 Å². The van der Waals surface area contributed by atoms with Crippen LogP contribution in [0.3, 0.4) is 0 Å². The van der Waals surface area contributed by atoms with Gasteiger partial charge < -0.3 is 10.6 Å². The van der Waals surface area contributed by atoms with Gasteiger partial charge in [0.05, 0.1) is 12.3 Å². The number of nitrogens with zero attached hydrogens (tertiary/aromatic N) is 4. The van der Waals surface area contributed by atoms with E-state index in [-0.39, 0.29) is 5.75 Å². The molecule has 1 aliphatic rings. The van der Waals surface area contributed by atoms with Crippen LogP contribution in [0.5, 0.6) is 0 Å². The fourth-order valence-electron chi connectivity index (χ4n) is 3.10. The molecule has 158 valence electrons. The third-order valence-corrected chi connectivity index (χ3v) is 7.51. The Morgan fingerprint density at radius 2 is 1.93 bits per heavy atom. The summed E-state index contributed by atoms with van der Waals surface area (Å²) in [5.74, 6) is 2.39. The summed E-state index contributed by atoms with van der Waals surface area (Å²) in [6.45, 7) is 2.82. The van der Waals surface area contributed by atoms with E-state index in [0.29, 0.717) is 38.7 Å². The fourth-order valence-corrected chi connectivity index (χ4v) is 5.60. The molecule has 1 aromatic heterocycles. The van der Waals surface area contributed by atoms with Crippen molar-refractivity contribution in [1.82, 2.24) is 24.7 Å². The van der Waals surface area contributed by atoms with Crippen LogP contribution in [0.1, 0.15) is 11.1 Å². The molecule has 2 N–H and O–H groups in total. The lowest BCUT2D eigenvalue weighted by Crippen LogP contribution is -2.44. The molecule has 1 fully saturated rings. The maximum atomic E-state index is 12.4. The van der Waals surface area contributed by atoms with E-state index in [4.69, 9.17) is 0 Å². The monoisotopic (exact) mass is 436 g/mol. The molecule has 0 amide bonds. The molecule has 0 unspecified atom stereocenters. The number of benzene rings is 1. The van der Waals surface area contributed by atoms with Crippen molar-refractivity contribution in [2.24, 2.45) is 4.99 Å². The van der Waals surface area contributed by atoms with Gasteiger partial charge in [0.25, 0.3) is 0 Å². The minimum Gasteiger partial charge on any atom is -0.355 e. The molecule has 0 atom stereocenters. The van der Waals surface area contributed by atoms with Crippen LogP contribution in [-0.4, -0.2) is 72.4 Å². The Labute approximate surface area is 176 Å². The van der Waals surface area contributed by atoms with E-state index in [0.717, 1.165) is 17.1 Å². The Balaban J connectivity index is 1.50. The van der Waals surface area contributed by atoms with E-state index in [1.165, 1.54) is 5.56 Å². The van der Waals surface area contributed by atoms with Gasteiger partial charge in [-0.1, -0.05) is 24.3 Å². The van der Waals surface area contributed by atoms with E-state index in [1.807, 2.05) is 29.1 Å². The lowest BCUT2D eigenvalue weighted by atomic mass is 10.1. The highest BCUT2D eigenvalue weighted by molar-refractivity contribution is 7.99. The highest BCUT2D eigenvalue weighted by Gasteiger charge is 2.23. The molecule has 0 saturated carbocycles. The summed E-state index contributed by atoms with van der Waals surface area (Å²) >= 11 is 1.80. The normalized spacial score (nSPS) is 16.0. The standard InChI is InChI=1S/C19H28N6O2S2/c1-20-19(21-8-14-29(26,27)25-10-12-28-13-11-25)22-15-17-5-2-3-6-18(17)16-24-9-4-7-23-24/h2-7,9H,8,10-16H2,1H3,(H2,20,21,22). The SMILES string of the molecule is CN=C(NCCS(=O)(=O)N1CCSCC1)NCc1ccccc1Cn1cccn1. The van der Waals surface area contributed by atoms with Crippen molar-refractivity contribution in [3.8, 4) is 0 Å². The van der Waals surface area contributed by atoms with Crippen molar-refractivity contribution in [3.05, 3.63) is 53.9 Å². The van der Waals surface area contributed by atoms with Crippen molar-refractivity contribution in [2.75, 3.05) is 43.9 Å². The molecule has 0 radical (unpaired) electrons. The number of rotatable bonds is 8. The van der Waals surface area contributed by atoms with Crippen molar-refractivity contribution < 1.29 is 8.42 Å². The highest BCUT2D eigenvalue weighted by atomic mass is 32.2. The van der Waals surface area contributed by atoms with Crippen LogP contribution >= 0.6 is 11.8 Å². The van der Waals surface area contributed by atoms with Crippen molar-refractivity contribution in [3.63, 3.8) is 0 Å². The Bertz CT molecular complexity index is 893. The Kier molecular flexibility index (Phi) is 7.96. The molecule has 29 heavy (non-hydrogen) atoms. The summed E-state index contributed by atoms with van der Waals surface area (Å²) in [5, 5.41) is 10.6. The third kappa shape index (κ3) is 6.48. The van der Waals surface area contributed by atoms with Crippen LogP contribution in [-0.2, 0) is 23.1 Å². The molecule has 8 nitrogen and oxygen atoms in total. The van der Waals surface area contributed by atoms with Gasteiger partial charge in [0, 0.05) is 57.1 Å². The molecule has 0 spiro atoms. The van der Waals surface area contributed by atoms with Gasteiger partial charge >= 0.3 is 0 Å². The maximum Gasteiger partial charge on any atom is 0.215 e. The first-order valence-corrected chi connectivity index (χ1v) is 12.4. The smallest absolute Gasteiger partial charge is 0.215 e. The molecule has 2 aromatic rings. The molecule has 0 bridgehead atoms. The molecular weight excluding hydrogens is 408 g/mol. The largest absolute Gasteiger partial charge is 0.355 e. The summed E-state index contributed by atoms with van der Waals surface area (Å²) in [5.41, 5.74) is 2.31. The van der Waals surface area contributed by atoms with Crippen LogP contribution in [0.2, 0.25) is 0 Å². The summed E-state index contributed by atoms with van der Waals surface area (Å²) in [6.07, 6.45) is 3.70. The number of sulfonamides is 1. The van der Waals surface area contributed by atoms with Gasteiger partial charge in [0.2, 0.25) is 10.0 Å². The first-order chi connectivity index (χ1) is 14.1. The summed E-state index contributed by atoms with van der Waals surface area (Å²) < 4.78 is 28.4. The van der Waals surface area contributed by atoms with E-state index in [2.05, 4.69) is 32.9 Å². The minimum atomic E-state index is -3.23. The predicted molar refractivity (Wildman–Crippen MR) is 119 cm³/mol. The van der Waals surface area contributed by atoms with Crippen LogP contribution in [0.4, 0.5) is 0 Å². The molecule has 0 aliphatic carbocycles. The zero-order valence-corrected chi connectivity index (χ0v) is 18.3. The number of aromatic nitrogens is 2. The lowest BCUT2D eigenvalue weighted by Gasteiger charge is -2.25. The Morgan fingerprint density at radius 1 is 1.17 bits per heavy atom. The molecule has 1 saturated heterocycles. The molecule has 2 heterocycles. The predicted octanol–water partition coefficient (Wildman–Crippen LogP) is 0.975. The third-order valence-electron chi connectivity index (χ3n) is 4.70. The van der Waals surface area contributed by atoms with Gasteiger partial charge in [-0.25, -0.2) is 12.7 Å². The number of guanidine groups is 1. The zero-order valence-electron chi connectivity index (χ0n) is 16.6. The quantitative estimate of drug-likeness (QED) is 0.473. The maximum absolute atomic E-state index is 12.4. The second-order valence-electron chi connectivity index (χ2n) is 6.65. The van der Waals surface area contributed by atoms with Crippen LogP contribution in [0.25, 0.3) is 0 Å². The van der Waals surface area contributed by atoms with Gasteiger partial charge in [0.1, 0.15) is 0 Å². The second-order valence-corrected chi connectivity index (χ2v) is 9.97. The van der Waals surface area contributed by atoms with E-state index in [1.54, 1.807) is 29.3 Å². The topological polar surface area (TPSA) is 91.6 Å². The van der Waals surface area contributed by atoms with E-state index >= 15 is 0 Å². The van der Waals surface area contributed by atoms with Gasteiger partial charge in [-0.2, -0.15) is 16.9 Å². The number of aliphatic imine (C=N–C) groups is 1. The minimum absolute atomic E-state index is 0.0637. The van der Waals surface area contributed by atoms with Crippen molar-refractivity contribution in [2.45, 2.75) is 13.1 Å². The second kappa shape index (κ2) is 10.7. The zero-order chi connectivity index (χ0) is 20.5.